The first-order valence-corrected chi connectivity index (χ1v) is 7.74. The van der Waals surface area contributed by atoms with Crippen LogP contribution in [0.1, 0.15) is 6.42 Å². The first-order chi connectivity index (χ1) is 6.64. The highest BCUT2D eigenvalue weighted by Crippen LogP contribution is 2.11. The monoisotopic (exact) mass is 235 g/mol. The van der Waals surface area contributed by atoms with Crippen LogP contribution >= 0.6 is 11.8 Å². The summed E-state index contributed by atoms with van der Waals surface area (Å²) in [6.45, 7) is 4.52. The molecule has 1 heterocycles. The molecule has 1 N–H and O–H groups in total. The van der Waals surface area contributed by atoms with Crippen LogP contribution in [0.4, 0.5) is 0 Å². The lowest BCUT2D eigenvalue weighted by atomic mass is 10.3. The maximum absolute atomic E-state index is 11.1. The van der Waals surface area contributed by atoms with Crippen molar-refractivity contribution in [2.24, 2.45) is 0 Å². The minimum Gasteiger partial charge on any atom is -0.312 e. The van der Waals surface area contributed by atoms with Crippen LogP contribution in [0.5, 0.6) is 0 Å². The van der Waals surface area contributed by atoms with Gasteiger partial charge in [0.1, 0.15) is 0 Å². The first kappa shape index (κ1) is 12.1. The number of sulfone groups is 1. The summed E-state index contributed by atoms with van der Waals surface area (Å²) in [5, 5.41) is 3.26. The van der Waals surface area contributed by atoms with Crippen LogP contribution in [0.2, 0.25) is 0 Å². The third-order valence-electron chi connectivity index (χ3n) is 2.15. The smallest absolute Gasteiger partial charge is 0.151 e. The molecular formula is C9H17NO2S2. The van der Waals surface area contributed by atoms with Gasteiger partial charge in [-0.05, 0) is 6.42 Å². The Hall–Kier alpha value is -0.0000000000000000555. The molecule has 0 aromatic rings. The standard InChI is InChI=1S/C9H17NO2S2/c1-2-5-13-6-4-10-9-3-7-14(11,12)8-9/h2,9-10H,1,3-8H2. The molecule has 0 aromatic carbocycles. The Kier molecular flexibility index (Phi) is 4.98. The van der Waals surface area contributed by atoms with Crippen molar-refractivity contribution >= 4 is 21.6 Å². The van der Waals surface area contributed by atoms with E-state index in [2.05, 4.69) is 11.9 Å². The molecule has 0 spiro atoms. The minimum absolute atomic E-state index is 0.185. The van der Waals surface area contributed by atoms with Gasteiger partial charge < -0.3 is 5.32 Å². The molecule has 1 rings (SSSR count). The lowest BCUT2D eigenvalue weighted by molar-refractivity contribution is 0.575. The van der Waals surface area contributed by atoms with Crippen molar-refractivity contribution in [1.29, 1.82) is 0 Å². The van der Waals surface area contributed by atoms with Crippen LogP contribution in [0, 0.1) is 0 Å². The van der Waals surface area contributed by atoms with Crippen LogP contribution in [-0.2, 0) is 9.84 Å². The van der Waals surface area contributed by atoms with Gasteiger partial charge in [-0.25, -0.2) is 8.42 Å². The van der Waals surface area contributed by atoms with Gasteiger partial charge in [-0.2, -0.15) is 11.8 Å². The number of hydrogen-bond acceptors (Lipinski definition) is 4. The van der Waals surface area contributed by atoms with E-state index < -0.39 is 9.84 Å². The highest BCUT2D eigenvalue weighted by molar-refractivity contribution is 7.99. The van der Waals surface area contributed by atoms with Crippen LogP contribution in [0.25, 0.3) is 0 Å². The minimum atomic E-state index is -2.73. The molecule has 14 heavy (non-hydrogen) atoms. The molecule has 0 amide bonds. The van der Waals surface area contributed by atoms with Crippen molar-refractivity contribution in [2.45, 2.75) is 12.5 Å². The predicted molar refractivity (Wildman–Crippen MR) is 62.6 cm³/mol. The van der Waals surface area contributed by atoms with E-state index in [0.717, 1.165) is 24.5 Å². The summed E-state index contributed by atoms with van der Waals surface area (Å²) in [4.78, 5) is 0. The molecule has 0 saturated carbocycles. The van der Waals surface area contributed by atoms with Crippen molar-refractivity contribution in [1.82, 2.24) is 5.32 Å². The van der Waals surface area contributed by atoms with Gasteiger partial charge in [0, 0.05) is 24.1 Å². The summed E-state index contributed by atoms with van der Waals surface area (Å²) in [5.74, 6) is 2.65. The fraction of sp³-hybridized carbons (Fsp3) is 0.778. The average molecular weight is 235 g/mol. The lowest BCUT2D eigenvalue weighted by Gasteiger charge is -2.09. The van der Waals surface area contributed by atoms with Gasteiger partial charge in [-0.3, -0.25) is 0 Å². The number of rotatable bonds is 6. The van der Waals surface area contributed by atoms with Gasteiger partial charge in [0.25, 0.3) is 0 Å². The molecule has 3 nitrogen and oxygen atoms in total. The first-order valence-electron chi connectivity index (χ1n) is 4.76. The van der Waals surface area contributed by atoms with Crippen molar-refractivity contribution in [3.8, 4) is 0 Å². The van der Waals surface area contributed by atoms with Crippen LogP contribution in [0.3, 0.4) is 0 Å². The van der Waals surface area contributed by atoms with Crippen LogP contribution in [-0.4, -0.2) is 44.0 Å². The molecule has 0 bridgehead atoms. The summed E-state index contributed by atoms with van der Waals surface area (Å²) in [6, 6.07) is 0.185. The van der Waals surface area contributed by atoms with Crippen molar-refractivity contribution in [2.75, 3.05) is 29.6 Å². The second-order valence-electron chi connectivity index (χ2n) is 3.42. The second-order valence-corrected chi connectivity index (χ2v) is 6.80. The maximum atomic E-state index is 11.1. The van der Waals surface area contributed by atoms with E-state index in [4.69, 9.17) is 0 Å². The second kappa shape index (κ2) is 5.78. The zero-order valence-corrected chi connectivity index (χ0v) is 9.87. The molecule has 1 saturated heterocycles. The quantitative estimate of drug-likeness (QED) is 0.543. The van der Waals surface area contributed by atoms with E-state index >= 15 is 0 Å². The zero-order valence-electron chi connectivity index (χ0n) is 8.24. The Balaban J connectivity index is 2.06. The number of nitrogens with one attached hydrogen (secondary N) is 1. The van der Waals surface area contributed by atoms with E-state index in [1.165, 1.54) is 0 Å². The summed E-state index contributed by atoms with van der Waals surface area (Å²) in [7, 11) is -2.73. The largest absolute Gasteiger partial charge is 0.312 e. The molecule has 5 heteroatoms. The Labute approximate surface area is 90.3 Å². The molecular weight excluding hydrogens is 218 g/mol. The van der Waals surface area contributed by atoms with Crippen LogP contribution in [0.15, 0.2) is 12.7 Å². The maximum Gasteiger partial charge on any atom is 0.151 e. The number of thioether (sulfide) groups is 1. The Morgan fingerprint density at radius 2 is 2.36 bits per heavy atom. The van der Waals surface area contributed by atoms with Crippen LogP contribution < -0.4 is 5.32 Å². The molecule has 1 aliphatic heterocycles. The Morgan fingerprint density at radius 3 is 2.93 bits per heavy atom. The number of hydrogen-bond donors (Lipinski definition) is 1. The fourth-order valence-electron chi connectivity index (χ4n) is 1.46. The topological polar surface area (TPSA) is 46.2 Å². The molecule has 0 aromatic heterocycles. The summed E-state index contributed by atoms with van der Waals surface area (Å²) < 4.78 is 22.2. The van der Waals surface area contributed by atoms with Gasteiger partial charge in [0.15, 0.2) is 9.84 Å². The summed E-state index contributed by atoms with van der Waals surface area (Å²) in [5.41, 5.74) is 0. The normalized spacial score (nSPS) is 25.0. The molecule has 1 aliphatic rings. The molecule has 82 valence electrons. The third kappa shape index (κ3) is 4.48. The van der Waals surface area contributed by atoms with E-state index in [0.29, 0.717) is 11.5 Å². The average Bonchev–Trinajstić information content (AvgIpc) is 2.45. The molecule has 0 radical (unpaired) electrons. The van der Waals surface area contributed by atoms with Gasteiger partial charge in [0.2, 0.25) is 0 Å². The Bertz CT molecular complexity index is 275. The molecule has 0 aliphatic carbocycles. The lowest BCUT2D eigenvalue weighted by Crippen LogP contribution is -2.31. The van der Waals surface area contributed by atoms with Gasteiger partial charge >= 0.3 is 0 Å². The predicted octanol–water partition coefficient (Wildman–Crippen LogP) is 0.682. The van der Waals surface area contributed by atoms with Crippen molar-refractivity contribution in [3.05, 3.63) is 12.7 Å². The van der Waals surface area contributed by atoms with E-state index in [9.17, 15) is 8.42 Å². The highest BCUT2D eigenvalue weighted by Gasteiger charge is 2.26. The van der Waals surface area contributed by atoms with Gasteiger partial charge in [0.05, 0.1) is 11.5 Å². The van der Waals surface area contributed by atoms with E-state index in [1.807, 2.05) is 6.08 Å². The third-order valence-corrected chi connectivity index (χ3v) is 4.88. The van der Waals surface area contributed by atoms with Crippen molar-refractivity contribution < 1.29 is 8.42 Å². The highest BCUT2D eigenvalue weighted by atomic mass is 32.2. The Morgan fingerprint density at radius 1 is 1.57 bits per heavy atom. The summed E-state index contributed by atoms with van der Waals surface area (Å²) >= 11 is 1.81. The van der Waals surface area contributed by atoms with Gasteiger partial charge in [-0.15, -0.1) is 6.58 Å². The molecule has 1 unspecified atom stereocenters. The van der Waals surface area contributed by atoms with E-state index in [-0.39, 0.29) is 6.04 Å². The zero-order chi connectivity index (χ0) is 10.4. The van der Waals surface area contributed by atoms with Gasteiger partial charge in [-0.1, -0.05) is 6.08 Å². The van der Waals surface area contributed by atoms with E-state index in [1.54, 1.807) is 11.8 Å². The summed E-state index contributed by atoms with van der Waals surface area (Å²) in [6.07, 6.45) is 2.65. The fourth-order valence-corrected chi connectivity index (χ4v) is 3.76. The van der Waals surface area contributed by atoms with Crippen molar-refractivity contribution in [3.63, 3.8) is 0 Å². The molecule has 1 atom stereocenters. The SMILES string of the molecule is C=CCSCCNC1CCS(=O)(=O)C1. The molecule has 1 fully saturated rings.